The largest absolute Gasteiger partial charge is 0.494 e. The summed E-state index contributed by atoms with van der Waals surface area (Å²) in [5.74, 6) is -1.86. The molecule has 0 atom stereocenters. The monoisotopic (exact) mass is 810 g/mol. The van der Waals surface area contributed by atoms with Crippen LogP contribution in [0.25, 0.3) is 22.1 Å². The Hall–Kier alpha value is -7.22. The smallest absolute Gasteiger partial charge is 0.278 e. The number of hydrogen-bond donors (Lipinski definition) is 7. The number of allylic oxidation sites excluding steroid dienone is 3. The van der Waals surface area contributed by atoms with Gasteiger partial charge in [0.15, 0.2) is 0 Å². The van der Waals surface area contributed by atoms with E-state index in [1.807, 2.05) is 19.1 Å². The molecule has 2 aromatic carbocycles. The molecule has 59 heavy (non-hydrogen) atoms. The lowest BCUT2D eigenvalue weighted by Gasteiger charge is -2.14. The van der Waals surface area contributed by atoms with Crippen LogP contribution in [-0.4, -0.2) is 92.1 Å². The fraction of sp³-hybridized carbons (Fsp3) is 0.333. The number of fused-ring (bicyclic) bond motifs is 2. The number of aryl methyl sites for hydroxylation is 2. The predicted molar refractivity (Wildman–Crippen MR) is 227 cm³/mol. The van der Waals surface area contributed by atoms with Gasteiger partial charge in [-0.2, -0.15) is 5.10 Å². The highest BCUT2D eigenvalue weighted by Gasteiger charge is 2.24. The molecule has 3 heterocycles. The minimum atomic E-state index is -0.686. The van der Waals surface area contributed by atoms with E-state index >= 15 is 0 Å². The van der Waals surface area contributed by atoms with E-state index in [1.165, 1.54) is 30.0 Å². The second kappa shape index (κ2) is 18.8. The van der Waals surface area contributed by atoms with Gasteiger partial charge in [-0.3, -0.25) is 39.5 Å². The zero-order valence-electron chi connectivity index (χ0n) is 33.9. The average Bonchev–Trinajstić information content (AvgIpc) is 3.83. The van der Waals surface area contributed by atoms with Crippen molar-refractivity contribution >= 4 is 74.7 Å². The van der Waals surface area contributed by atoms with Crippen LogP contribution >= 0.6 is 0 Å². The third-order valence-corrected chi connectivity index (χ3v) is 9.09. The number of aliphatic imine (C=N–C) groups is 1. The van der Waals surface area contributed by atoms with Crippen LogP contribution in [0.1, 0.15) is 64.1 Å². The average molecular weight is 811 g/mol. The molecule has 11 N–H and O–H groups in total. The maximum Gasteiger partial charge on any atom is 0.278 e. The second-order valence-electron chi connectivity index (χ2n) is 13.3. The van der Waals surface area contributed by atoms with Crippen molar-refractivity contribution in [3.8, 4) is 5.75 Å². The van der Waals surface area contributed by atoms with Gasteiger partial charge in [-0.25, -0.2) is 9.97 Å². The van der Waals surface area contributed by atoms with Crippen molar-refractivity contribution in [3.05, 3.63) is 70.7 Å². The summed E-state index contributed by atoms with van der Waals surface area (Å²) in [5, 5.41) is 13.5. The van der Waals surface area contributed by atoms with Crippen LogP contribution in [0.3, 0.4) is 0 Å². The number of anilines is 4. The van der Waals surface area contributed by atoms with Gasteiger partial charge >= 0.3 is 0 Å². The molecule has 0 aliphatic carbocycles. The van der Waals surface area contributed by atoms with Gasteiger partial charge in [0, 0.05) is 63.3 Å². The summed E-state index contributed by atoms with van der Waals surface area (Å²) in [6.45, 7) is 9.00. The Morgan fingerprint density at radius 2 is 1.49 bits per heavy atom. The molecule has 3 aromatic heterocycles. The zero-order valence-corrected chi connectivity index (χ0v) is 33.9. The van der Waals surface area contributed by atoms with E-state index in [1.54, 1.807) is 49.1 Å². The molecule has 20 heteroatoms. The van der Waals surface area contributed by atoms with E-state index in [-0.39, 0.29) is 53.2 Å². The highest BCUT2D eigenvalue weighted by atomic mass is 16.5. The van der Waals surface area contributed by atoms with Crippen LogP contribution in [-0.2, 0) is 29.2 Å². The maximum atomic E-state index is 13.8. The van der Waals surface area contributed by atoms with Crippen LogP contribution in [0, 0.1) is 6.92 Å². The second-order valence-corrected chi connectivity index (χ2v) is 13.3. The molecule has 0 spiro atoms. The molecule has 0 aliphatic rings. The molecule has 0 bridgehead atoms. The molecule has 0 saturated heterocycles. The molecule has 20 nitrogen and oxygen atoms in total. The number of primary amides is 2. The number of hydrogen-bond acceptors (Lipinski definition) is 13. The Kier molecular flexibility index (Phi) is 13.7. The maximum absolute atomic E-state index is 13.8. The lowest BCUT2D eigenvalue weighted by atomic mass is 10.1. The van der Waals surface area contributed by atoms with Crippen molar-refractivity contribution in [1.82, 2.24) is 28.9 Å². The van der Waals surface area contributed by atoms with Crippen molar-refractivity contribution in [3.63, 3.8) is 0 Å². The quantitative estimate of drug-likeness (QED) is 0.0360. The number of rotatable bonds is 19. The summed E-state index contributed by atoms with van der Waals surface area (Å²) in [5.41, 5.74) is 27.6. The van der Waals surface area contributed by atoms with Gasteiger partial charge in [0.05, 0.1) is 40.7 Å². The minimum absolute atomic E-state index is 0.0954. The summed E-state index contributed by atoms with van der Waals surface area (Å²) < 4.78 is 15.9. The summed E-state index contributed by atoms with van der Waals surface area (Å²) in [7, 11) is 3.05. The molecule has 4 amide bonds. The molecule has 0 fully saturated rings. The van der Waals surface area contributed by atoms with E-state index in [0.29, 0.717) is 77.6 Å². The first kappa shape index (κ1) is 42.9. The number of nitrogens with two attached hydrogens (primary N) is 4. The minimum Gasteiger partial charge on any atom is -0.494 e. The number of nitrogens with one attached hydrogen (secondary N) is 3. The predicted octanol–water partition coefficient (Wildman–Crippen LogP) is 2.92. The van der Waals surface area contributed by atoms with Crippen molar-refractivity contribution < 1.29 is 28.7 Å². The van der Waals surface area contributed by atoms with Gasteiger partial charge in [-0.15, -0.1) is 0 Å². The number of carbonyl (C=O) groups is 4. The summed E-state index contributed by atoms with van der Waals surface area (Å²) >= 11 is 0. The van der Waals surface area contributed by atoms with Crippen LogP contribution in [0.4, 0.5) is 23.3 Å². The molecule has 5 rings (SSSR count). The third kappa shape index (κ3) is 9.50. The highest BCUT2D eigenvalue weighted by Crippen LogP contribution is 2.32. The molecule has 0 aliphatic heterocycles. The number of aromatic nitrogens is 6. The summed E-state index contributed by atoms with van der Waals surface area (Å²) in [6.07, 6.45) is 5.76. The molecule has 312 valence electrons. The Labute approximate surface area is 339 Å². The summed E-state index contributed by atoms with van der Waals surface area (Å²) in [4.78, 5) is 65.6. The number of nitrogen functional groups attached to an aromatic ring is 1. The van der Waals surface area contributed by atoms with Crippen molar-refractivity contribution in [1.29, 1.82) is 0 Å². The molecule has 0 saturated carbocycles. The van der Waals surface area contributed by atoms with E-state index < -0.39 is 23.6 Å². The topological polar surface area (TPSA) is 293 Å². The van der Waals surface area contributed by atoms with E-state index in [4.69, 9.17) is 37.4 Å². The zero-order chi connectivity index (χ0) is 43.0. The van der Waals surface area contributed by atoms with Gasteiger partial charge in [-0.1, -0.05) is 12.2 Å². The van der Waals surface area contributed by atoms with Crippen LogP contribution < -0.4 is 43.6 Å². The molecule has 0 radical (unpaired) electrons. The van der Waals surface area contributed by atoms with Crippen LogP contribution in [0.5, 0.6) is 5.75 Å². The number of methoxy groups -OCH3 is 2. The molecular weight excluding hydrogens is 761 g/mol. The lowest BCUT2D eigenvalue weighted by molar-refractivity contribution is -0.110. The van der Waals surface area contributed by atoms with Gasteiger partial charge in [-0.05, 0) is 64.5 Å². The number of carbonyl (C=O) groups excluding carboxylic acids is 4. The fourth-order valence-corrected chi connectivity index (χ4v) is 6.38. The Bertz CT molecular complexity index is 2500. The van der Waals surface area contributed by atoms with E-state index in [9.17, 15) is 19.2 Å². The van der Waals surface area contributed by atoms with Crippen molar-refractivity contribution in [2.45, 2.75) is 53.8 Å². The number of nitrogens with zero attached hydrogens (tertiary/aromatic N) is 7. The van der Waals surface area contributed by atoms with Crippen LogP contribution in [0.15, 0.2) is 53.2 Å². The highest BCUT2D eigenvalue weighted by molar-refractivity contribution is 6.47. The van der Waals surface area contributed by atoms with Crippen molar-refractivity contribution in [2.24, 2.45) is 22.2 Å². The first-order valence-electron chi connectivity index (χ1n) is 18.8. The number of amides is 4. The SMILES string of the molecule is CCN=C(/C=C(/C)N)C(=O)Nc1nc2cc(C(N)=O)cc(OC)c2n1C/C=C/Cn1c(NC(=O)c2c(N)c(C)nn2CC)nc2cc(C(N)=O)cc(NCCCOC)c21. The fourth-order valence-electron chi connectivity index (χ4n) is 6.38. The number of benzene rings is 2. The lowest BCUT2D eigenvalue weighted by Crippen LogP contribution is -2.24. The van der Waals surface area contributed by atoms with Gasteiger partial charge in [0.1, 0.15) is 22.7 Å². The number of imidazole rings is 2. The van der Waals surface area contributed by atoms with Gasteiger partial charge in [0.2, 0.25) is 23.7 Å². The Balaban J connectivity index is 1.60. The normalized spacial score (nSPS) is 12.1. The van der Waals surface area contributed by atoms with Crippen molar-refractivity contribution in [2.75, 3.05) is 55.6 Å². The van der Waals surface area contributed by atoms with E-state index in [0.717, 1.165) is 0 Å². The van der Waals surface area contributed by atoms with Crippen LogP contribution in [0.2, 0.25) is 0 Å². The first-order chi connectivity index (χ1) is 28.2. The molecular formula is C39H50N14O6. The molecule has 0 unspecified atom stereocenters. The summed E-state index contributed by atoms with van der Waals surface area (Å²) in [6, 6.07) is 6.19. The Morgan fingerprint density at radius 1 is 0.881 bits per heavy atom. The number of ether oxygens (including phenoxy) is 2. The third-order valence-electron chi connectivity index (χ3n) is 9.09. The Morgan fingerprint density at radius 3 is 2.07 bits per heavy atom. The standard InChI is InChI=1S/C39H50N14O6/c1-7-44-28(16-21(3)40)36(56)48-38-47-27-19-24(35(43)55)20-29(59-6)32(27)52(38)14-10-9-13-51-31-25(45-12-11-15-58-5)17-23(34(42)54)18-26(31)46-39(51)49-37(57)33-30(41)22(4)50-53(33)8-2/h9-10,16-20,45H,7-8,11-15,40-41H2,1-6H3,(H2,42,54)(H2,43,55)(H,46,49,57)(H,47,48,56)/b10-9+,21-16-,44-28?. The van der Waals surface area contributed by atoms with E-state index in [2.05, 4.69) is 31.0 Å². The van der Waals surface area contributed by atoms with Gasteiger partial charge < -0.3 is 46.9 Å². The van der Waals surface area contributed by atoms with Gasteiger partial charge in [0.25, 0.3) is 11.8 Å². The molecule has 5 aromatic rings. The first-order valence-corrected chi connectivity index (χ1v) is 18.8.